The van der Waals surface area contributed by atoms with Gasteiger partial charge in [0, 0.05) is 6.26 Å². The second-order valence-corrected chi connectivity index (χ2v) is 6.44. The van der Waals surface area contributed by atoms with Gasteiger partial charge in [0.05, 0.1) is 16.5 Å². The number of benzene rings is 1. The van der Waals surface area contributed by atoms with E-state index in [0.29, 0.717) is 0 Å². The third kappa shape index (κ3) is 1.95. The Labute approximate surface area is 94.6 Å². The number of hydrogen-bond acceptors (Lipinski definition) is 4. The molecule has 1 aliphatic rings. The van der Waals surface area contributed by atoms with Crippen molar-refractivity contribution in [2.75, 3.05) is 11.6 Å². The van der Waals surface area contributed by atoms with Crippen molar-refractivity contribution in [2.24, 2.45) is 0 Å². The van der Waals surface area contributed by atoms with Gasteiger partial charge in [0.1, 0.15) is 10.7 Å². The van der Waals surface area contributed by atoms with Crippen molar-refractivity contribution in [3.05, 3.63) is 24.0 Å². The molecule has 16 heavy (non-hydrogen) atoms. The maximum absolute atomic E-state index is 12.9. The molecule has 0 bridgehead atoms. The second kappa shape index (κ2) is 3.79. The average Bonchev–Trinajstić information content (AvgIpc) is 2.18. The molecule has 8 heteroatoms. The highest BCUT2D eigenvalue weighted by Gasteiger charge is 2.31. The number of rotatable bonds is 1. The maximum Gasteiger partial charge on any atom is 0.245 e. The van der Waals surface area contributed by atoms with Crippen LogP contribution in [0.25, 0.3) is 0 Å². The molecule has 1 aromatic rings. The molecule has 0 fully saturated rings. The van der Waals surface area contributed by atoms with Gasteiger partial charge in [-0.15, -0.1) is 0 Å². The van der Waals surface area contributed by atoms with Crippen molar-refractivity contribution >= 4 is 26.5 Å². The largest absolute Gasteiger partial charge is 0.357 e. The molecule has 2 unspecified atom stereocenters. The van der Waals surface area contributed by atoms with Crippen LogP contribution >= 0.6 is 0 Å². The molecule has 0 amide bonds. The van der Waals surface area contributed by atoms with E-state index in [0.717, 1.165) is 12.1 Å². The van der Waals surface area contributed by atoms with Crippen LogP contribution in [-0.2, 0) is 20.8 Å². The molecule has 0 aromatic heterocycles. The van der Waals surface area contributed by atoms with Crippen molar-refractivity contribution in [1.82, 2.24) is 4.72 Å². The van der Waals surface area contributed by atoms with E-state index in [-0.39, 0.29) is 10.6 Å². The smallest absolute Gasteiger partial charge is 0.245 e. The summed E-state index contributed by atoms with van der Waals surface area (Å²) in [6.07, 6.45) is 1.37. The summed E-state index contributed by atoms with van der Waals surface area (Å²) in [5, 5.41) is 2.72. The van der Waals surface area contributed by atoms with Gasteiger partial charge in [-0.1, -0.05) is 0 Å². The third-order valence-electron chi connectivity index (χ3n) is 2.11. The second-order valence-electron chi connectivity index (χ2n) is 3.28. The van der Waals surface area contributed by atoms with Gasteiger partial charge in [0.2, 0.25) is 10.0 Å². The molecule has 1 heterocycles. The Bertz CT molecular complexity index is 558. The van der Waals surface area contributed by atoms with Crippen molar-refractivity contribution in [3.8, 4) is 0 Å². The molecule has 1 aromatic carbocycles. The fourth-order valence-electron chi connectivity index (χ4n) is 1.36. The Balaban J connectivity index is 2.56. The first-order chi connectivity index (χ1) is 7.40. The maximum atomic E-state index is 12.9. The van der Waals surface area contributed by atoms with Crippen LogP contribution < -0.4 is 10.0 Å². The molecule has 88 valence electrons. The number of halogens is 1. The van der Waals surface area contributed by atoms with Gasteiger partial charge in [-0.05, 0) is 18.2 Å². The molecule has 0 saturated heterocycles. The van der Waals surface area contributed by atoms with E-state index in [1.54, 1.807) is 0 Å². The standard InChI is InChI=1S/C8H9FN2O3S2/c1-15(12)8-10-6-3-2-5(9)4-7(6)16(13,14)11-8/h2-4,8,10-11H,1H3. The Morgan fingerprint density at radius 2 is 2.12 bits per heavy atom. The van der Waals surface area contributed by atoms with Crippen LogP contribution in [0.3, 0.4) is 0 Å². The molecule has 2 N–H and O–H groups in total. The summed E-state index contributed by atoms with van der Waals surface area (Å²) in [5.41, 5.74) is -0.636. The van der Waals surface area contributed by atoms with Crippen LogP contribution in [0.2, 0.25) is 0 Å². The van der Waals surface area contributed by atoms with E-state index in [2.05, 4.69) is 10.0 Å². The Morgan fingerprint density at radius 3 is 2.75 bits per heavy atom. The Morgan fingerprint density at radius 1 is 1.44 bits per heavy atom. The van der Waals surface area contributed by atoms with Crippen LogP contribution in [0.1, 0.15) is 0 Å². The summed E-state index contributed by atoms with van der Waals surface area (Å²) in [5.74, 6) is -0.637. The minimum atomic E-state index is -3.80. The highest BCUT2D eigenvalue weighted by Crippen LogP contribution is 2.26. The predicted octanol–water partition coefficient (Wildman–Crippen LogP) is 0.192. The zero-order valence-electron chi connectivity index (χ0n) is 8.23. The van der Waals surface area contributed by atoms with Crippen LogP contribution in [0.4, 0.5) is 10.1 Å². The summed E-state index contributed by atoms with van der Waals surface area (Å²) in [6.45, 7) is 0. The molecule has 2 atom stereocenters. The fourth-order valence-corrected chi connectivity index (χ4v) is 3.73. The van der Waals surface area contributed by atoms with Crippen LogP contribution in [-0.4, -0.2) is 24.4 Å². The van der Waals surface area contributed by atoms with E-state index in [4.69, 9.17) is 0 Å². The van der Waals surface area contributed by atoms with Gasteiger partial charge >= 0.3 is 0 Å². The van der Waals surface area contributed by atoms with Gasteiger partial charge < -0.3 is 5.32 Å². The monoisotopic (exact) mass is 264 g/mol. The van der Waals surface area contributed by atoms with E-state index >= 15 is 0 Å². The predicted molar refractivity (Wildman–Crippen MR) is 58.2 cm³/mol. The highest BCUT2D eigenvalue weighted by atomic mass is 32.2. The molecule has 2 rings (SSSR count). The van der Waals surface area contributed by atoms with E-state index in [1.165, 1.54) is 12.3 Å². The summed E-state index contributed by atoms with van der Waals surface area (Å²) in [6, 6.07) is 3.37. The highest BCUT2D eigenvalue weighted by molar-refractivity contribution is 7.91. The molecule has 0 aliphatic carbocycles. The lowest BCUT2D eigenvalue weighted by atomic mass is 10.3. The molecule has 1 aliphatic heterocycles. The molecule has 0 radical (unpaired) electrons. The zero-order chi connectivity index (χ0) is 11.9. The fraction of sp³-hybridized carbons (Fsp3) is 0.250. The van der Waals surface area contributed by atoms with Crippen LogP contribution in [0.15, 0.2) is 23.1 Å². The van der Waals surface area contributed by atoms with Crippen LogP contribution in [0.5, 0.6) is 0 Å². The SMILES string of the molecule is CS(=O)C1Nc2ccc(F)cc2S(=O)(=O)N1. The van der Waals surface area contributed by atoms with Crippen molar-refractivity contribution in [3.63, 3.8) is 0 Å². The quantitative estimate of drug-likeness (QED) is 0.759. The molecule has 0 spiro atoms. The lowest BCUT2D eigenvalue weighted by molar-refractivity contribution is 0.571. The zero-order valence-corrected chi connectivity index (χ0v) is 9.86. The summed E-state index contributed by atoms with van der Waals surface area (Å²) >= 11 is 0. The Hall–Kier alpha value is -0.990. The third-order valence-corrected chi connectivity index (χ3v) is 4.63. The lowest BCUT2D eigenvalue weighted by Crippen LogP contribution is -2.47. The minimum Gasteiger partial charge on any atom is -0.357 e. The first kappa shape index (κ1) is 11.5. The summed E-state index contributed by atoms with van der Waals surface area (Å²) < 4.78 is 49.7. The van der Waals surface area contributed by atoms with Crippen molar-refractivity contribution in [2.45, 2.75) is 10.4 Å². The molecular formula is C8H9FN2O3S2. The van der Waals surface area contributed by atoms with E-state index in [9.17, 15) is 17.0 Å². The van der Waals surface area contributed by atoms with E-state index in [1.807, 2.05) is 0 Å². The number of nitrogens with one attached hydrogen (secondary N) is 2. The number of anilines is 1. The summed E-state index contributed by atoms with van der Waals surface area (Å²) in [7, 11) is -5.21. The Kier molecular flexibility index (Phi) is 2.72. The van der Waals surface area contributed by atoms with Crippen molar-refractivity contribution < 1.29 is 17.0 Å². The van der Waals surface area contributed by atoms with Crippen molar-refractivity contribution in [1.29, 1.82) is 0 Å². The van der Waals surface area contributed by atoms with Gasteiger partial charge in [-0.3, -0.25) is 4.21 Å². The topological polar surface area (TPSA) is 75.3 Å². The van der Waals surface area contributed by atoms with Gasteiger partial charge in [-0.25, -0.2) is 12.8 Å². The minimum absolute atomic E-state index is 0.172. The number of fused-ring (bicyclic) bond motifs is 1. The molecule has 0 saturated carbocycles. The van der Waals surface area contributed by atoms with E-state index < -0.39 is 32.1 Å². The van der Waals surface area contributed by atoms with Gasteiger partial charge in [0.25, 0.3) is 0 Å². The first-order valence-corrected chi connectivity index (χ1v) is 7.41. The average molecular weight is 264 g/mol. The number of hydrogen-bond donors (Lipinski definition) is 2. The number of sulfonamides is 1. The van der Waals surface area contributed by atoms with Crippen LogP contribution in [0, 0.1) is 5.82 Å². The van der Waals surface area contributed by atoms with Gasteiger partial charge in [-0.2, -0.15) is 4.72 Å². The summed E-state index contributed by atoms with van der Waals surface area (Å²) in [4.78, 5) is -0.172. The molecular weight excluding hydrogens is 255 g/mol. The molecule has 5 nitrogen and oxygen atoms in total. The normalized spacial score (nSPS) is 24.2. The first-order valence-electron chi connectivity index (χ1n) is 4.31. The lowest BCUT2D eigenvalue weighted by Gasteiger charge is -2.26. The van der Waals surface area contributed by atoms with Gasteiger partial charge in [0.15, 0.2) is 5.50 Å².